The molecule has 2 aromatic rings. The lowest BCUT2D eigenvalue weighted by Crippen LogP contribution is -2.14. The first kappa shape index (κ1) is 22.3. The maximum Gasteiger partial charge on any atom is 0.119 e. The van der Waals surface area contributed by atoms with Crippen LogP contribution in [0.2, 0.25) is 0 Å². The average molecular weight is 383 g/mol. The summed E-state index contributed by atoms with van der Waals surface area (Å²) in [5, 5.41) is 21.0. The van der Waals surface area contributed by atoms with E-state index in [0.29, 0.717) is 17.4 Å². The zero-order chi connectivity index (χ0) is 21.2. The van der Waals surface area contributed by atoms with Gasteiger partial charge in [-0.2, -0.15) is 0 Å². The first-order valence-electron chi connectivity index (χ1n) is 10.6. The van der Waals surface area contributed by atoms with E-state index in [1.165, 1.54) is 11.1 Å². The Bertz CT molecular complexity index is 825. The van der Waals surface area contributed by atoms with Crippen molar-refractivity contribution in [3.8, 4) is 11.5 Å². The third kappa shape index (κ3) is 4.90. The van der Waals surface area contributed by atoms with E-state index in [-0.39, 0.29) is 11.3 Å². The summed E-state index contributed by atoms with van der Waals surface area (Å²) in [5.41, 5.74) is 6.75. The van der Waals surface area contributed by atoms with Gasteiger partial charge >= 0.3 is 0 Å². The third-order valence-corrected chi connectivity index (χ3v) is 5.62. The van der Waals surface area contributed by atoms with Crippen LogP contribution in [-0.2, 0) is 11.8 Å². The molecule has 0 aliphatic carbocycles. The molecule has 0 saturated carbocycles. The van der Waals surface area contributed by atoms with E-state index >= 15 is 0 Å². The number of hydrogen-bond donors (Lipinski definition) is 2. The molecule has 0 radical (unpaired) electrons. The molecule has 0 fully saturated rings. The SMILES string of the molecule is CCCC(c1cc(CC(C)C)c(O)cc1C)c1cc(C(C)(C)C)c(O)cc1C. The van der Waals surface area contributed by atoms with Crippen LogP contribution in [0, 0.1) is 19.8 Å². The largest absolute Gasteiger partial charge is 0.508 e. The minimum atomic E-state index is -0.115. The molecule has 2 aromatic carbocycles. The van der Waals surface area contributed by atoms with Crippen molar-refractivity contribution in [1.82, 2.24) is 0 Å². The lowest BCUT2D eigenvalue weighted by molar-refractivity contribution is 0.445. The molecule has 0 amide bonds. The van der Waals surface area contributed by atoms with Gasteiger partial charge in [-0.1, -0.05) is 60.1 Å². The minimum absolute atomic E-state index is 0.115. The Labute approximate surface area is 171 Å². The molecular formula is C26H38O2. The van der Waals surface area contributed by atoms with Gasteiger partial charge < -0.3 is 10.2 Å². The van der Waals surface area contributed by atoms with Gasteiger partial charge in [0, 0.05) is 5.92 Å². The molecule has 0 aliphatic rings. The Morgan fingerprint density at radius 3 is 1.89 bits per heavy atom. The fourth-order valence-corrected chi connectivity index (χ4v) is 4.19. The van der Waals surface area contributed by atoms with E-state index in [4.69, 9.17) is 0 Å². The van der Waals surface area contributed by atoms with Crippen LogP contribution in [0.4, 0.5) is 0 Å². The molecule has 1 atom stereocenters. The molecule has 154 valence electrons. The predicted molar refractivity (Wildman–Crippen MR) is 120 cm³/mol. The van der Waals surface area contributed by atoms with Gasteiger partial charge in [0.1, 0.15) is 11.5 Å². The number of aryl methyl sites for hydroxylation is 2. The van der Waals surface area contributed by atoms with Crippen LogP contribution in [-0.4, -0.2) is 10.2 Å². The molecule has 0 heterocycles. The second-order valence-electron chi connectivity index (χ2n) is 9.75. The van der Waals surface area contributed by atoms with Gasteiger partial charge in [-0.3, -0.25) is 0 Å². The van der Waals surface area contributed by atoms with Crippen LogP contribution in [0.15, 0.2) is 24.3 Å². The van der Waals surface area contributed by atoms with E-state index in [1.54, 1.807) is 0 Å². The van der Waals surface area contributed by atoms with E-state index in [9.17, 15) is 10.2 Å². The molecule has 1 unspecified atom stereocenters. The summed E-state index contributed by atoms with van der Waals surface area (Å²) < 4.78 is 0. The van der Waals surface area contributed by atoms with Crippen molar-refractivity contribution < 1.29 is 10.2 Å². The summed E-state index contributed by atoms with van der Waals surface area (Å²) >= 11 is 0. The van der Waals surface area contributed by atoms with Gasteiger partial charge in [-0.05, 0) is 83.5 Å². The van der Waals surface area contributed by atoms with Gasteiger partial charge in [0.05, 0.1) is 0 Å². The van der Waals surface area contributed by atoms with E-state index in [2.05, 4.69) is 67.5 Å². The van der Waals surface area contributed by atoms with Crippen molar-refractivity contribution in [3.63, 3.8) is 0 Å². The van der Waals surface area contributed by atoms with Crippen LogP contribution in [0.3, 0.4) is 0 Å². The van der Waals surface area contributed by atoms with Crippen molar-refractivity contribution in [3.05, 3.63) is 57.6 Å². The molecule has 0 aliphatic heterocycles. The Morgan fingerprint density at radius 2 is 1.39 bits per heavy atom. The molecule has 2 nitrogen and oxygen atoms in total. The number of aromatic hydroxyl groups is 2. The van der Waals surface area contributed by atoms with Crippen LogP contribution < -0.4 is 0 Å². The highest BCUT2D eigenvalue weighted by Gasteiger charge is 2.25. The molecule has 0 aromatic heterocycles. The summed E-state index contributed by atoms with van der Waals surface area (Å²) in [6.45, 7) is 17.2. The Hall–Kier alpha value is -1.96. The monoisotopic (exact) mass is 382 g/mol. The van der Waals surface area contributed by atoms with Gasteiger partial charge in [0.25, 0.3) is 0 Å². The quantitative estimate of drug-likeness (QED) is 0.557. The molecule has 28 heavy (non-hydrogen) atoms. The van der Waals surface area contributed by atoms with Crippen LogP contribution in [0.1, 0.15) is 93.7 Å². The summed E-state index contributed by atoms with van der Waals surface area (Å²) in [6, 6.07) is 8.27. The molecule has 2 rings (SSSR count). The van der Waals surface area contributed by atoms with Crippen molar-refractivity contribution in [2.45, 2.75) is 86.0 Å². The van der Waals surface area contributed by atoms with E-state index in [0.717, 1.165) is 41.5 Å². The highest BCUT2D eigenvalue weighted by molar-refractivity contribution is 5.51. The first-order valence-corrected chi connectivity index (χ1v) is 10.6. The highest BCUT2D eigenvalue weighted by atomic mass is 16.3. The summed E-state index contributed by atoms with van der Waals surface area (Å²) in [4.78, 5) is 0. The Kier molecular flexibility index (Phi) is 6.85. The molecule has 2 N–H and O–H groups in total. The molecule has 0 bridgehead atoms. The molecule has 0 saturated heterocycles. The Morgan fingerprint density at radius 1 is 0.857 bits per heavy atom. The number of phenolic OH excluding ortho intramolecular Hbond substituents is 2. The lowest BCUT2D eigenvalue weighted by atomic mass is 9.78. The van der Waals surface area contributed by atoms with Gasteiger partial charge in [0.2, 0.25) is 0 Å². The summed E-state index contributed by atoms with van der Waals surface area (Å²) in [5.74, 6) is 1.54. The maximum absolute atomic E-state index is 10.5. The molecule has 0 spiro atoms. The van der Waals surface area contributed by atoms with Crippen molar-refractivity contribution in [2.75, 3.05) is 0 Å². The fraction of sp³-hybridized carbons (Fsp3) is 0.538. The Balaban J connectivity index is 2.67. The number of phenols is 2. The second kappa shape index (κ2) is 8.59. The van der Waals surface area contributed by atoms with Gasteiger partial charge in [-0.15, -0.1) is 0 Å². The number of hydrogen-bond acceptors (Lipinski definition) is 2. The molecule has 2 heteroatoms. The minimum Gasteiger partial charge on any atom is -0.508 e. The summed E-state index contributed by atoms with van der Waals surface area (Å²) in [7, 11) is 0. The van der Waals surface area contributed by atoms with E-state index in [1.807, 2.05) is 12.1 Å². The van der Waals surface area contributed by atoms with Crippen LogP contribution in [0.25, 0.3) is 0 Å². The first-order chi connectivity index (χ1) is 13.0. The second-order valence-corrected chi connectivity index (χ2v) is 9.75. The molecular weight excluding hydrogens is 344 g/mol. The zero-order valence-electron chi connectivity index (χ0n) is 19.0. The summed E-state index contributed by atoms with van der Waals surface area (Å²) in [6.07, 6.45) is 3.00. The predicted octanol–water partition coefficient (Wildman–Crippen LogP) is 7.14. The van der Waals surface area contributed by atoms with Crippen molar-refractivity contribution in [1.29, 1.82) is 0 Å². The average Bonchev–Trinajstić information content (AvgIpc) is 2.54. The smallest absolute Gasteiger partial charge is 0.119 e. The number of benzene rings is 2. The zero-order valence-corrected chi connectivity index (χ0v) is 19.0. The topological polar surface area (TPSA) is 40.5 Å². The van der Waals surface area contributed by atoms with Crippen LogP contribution in [0.5, 0.6) is 11.5 Å². The van der Waals surface area contributed by atoms with Crippen molar-refractivity contribution >= 4 is 0 Å². The maximum atomic E-state index is 10.5. The van der Waals surface area contributed by atoms with Gasteiger partial charge in [-0.25, -0.2) is 0 Å². The lowest BCUT2D eigenvalue weighted by Gasteiger charge is -2.27. The van der Waals surface area contributed by atoms with Crippen LogP contribution >= 0.6 is 0 Å². The highest BCUT2D eigenvalue weighted by Crippen LogP contribution is 2.41. The third-order valence-electron chi connectivity index (χ3n) is 5.62. The normalized spacial score (nSPS) is 13.2. The van der Waals surface area contributed by atoms with Gasteiger partial charge in [0.15, 0.2) is 0 Å². The van der Waals surface area contributed by atoms with E-state index < -0.39 is 0 Å². The standard InChI is InChI=1S/C26H38O2/c1-9-10-20(21-14-19(11-16(2)3)24(27)12-17(21)4)22-15-23(26(6,7)8)25(28)13-18(22)5/h12-16,20,27-28H,9-11H2,1-8H3. The van der Waals surface area contributed by atoms with Crippen molar-refractivity contribution in [2.24, 2.45) is 5.92 Å². The number of rotatable bonds is 6. The fourth-order valence-electron chi connectivity index (χ4n) is 4.19.